The fraction of sp³-hybridized carbons (Fsp3) is 0.846. The fourth-order valence-corrected chi connectivity index (χ4v) is 1.23. The molecule has 0 aromatic heterocycles. The van der Waals surface area contributed by atoms with E-state index >= 15 is 0 Å². The van der Waals surface area contributed by atoms with E-state index in [9.17, 15) is 0 Å². The molecule has 0 aliphatic carbocycles. The van der Waals surface area contributed by atoms with Crippen molar-refractivity contribution in [2.75, 3.05) is 0 Å². The summed E-state index contributed by atoms with van der Waals surface area (Å²) < 4.78 is 0. The van der Waals surface area contributed by atoms with Gasteiger partial charge in [-0.1, -0.05) is 39.5 Å². The third kappa shape index (κ3) is 5.75. The molecule has 0 heterocycles. The average molecular weight is 180 g/mol. The van der Waals surface area contributed by atoms with Crippen LogP contribution < -0.4 is 0 Å². The van der Waals surface area contributed by atoms with Gasteiger partial charge in [-0.15, -0.1) is 0 Å². The van der Waals surface area contributed by atoms with Crippen molar-refractivity contribution in [3.05, 3.63) is 0 Å². The first-order chi connectivity index (χ1) is 5.67. The summed E-state index contributed by atoms with van der Waals surface area (Å²) in [5.74, 6) is 7.25. The second kappa shape index (κ2) is 4.18. The fourth-order valence-electron chi connectivity index (χ4n) is 1.23. The van der Waals surface area contributed by atoms with E-state index in [-0.39, 0.29) is 5.41 Å². The van der Waals surface area contributed by atoms with E-state index in [1.165, 1.54) is 0 Å². The molecule has 0 aliphatic rings. The highest BCUT2D eigenvalue weighted by Gasteiger charge is 2.20. The first-order valence-electron chi connectivity index (χ1n) is 5.19. The summed E-state index contributed by atoms with van der Waals surface area (Å²) in [6, 6.07) is 0. The normalized spacial score (nSPS) is 14.7. The van der Waals surface area contributed by atoms with Gasteiger partial charge in [0.05, 0.1) is 0 Å². The molecule has 0 heteroatoms. The molecule has 0 unspecified atom stereocenters. The van der Waals surface area contributed by atoms with Crippen LogP contribution in [0.5, 0.6) is 0 Å². The average Bonchev–Trinajstić information content (AvgIpc) is 1.82. The lowest BCUT2D eigenvalue weighted by Crippen LogP contribution is -2.18. The predicted octanol–water partition coefficient (Wildman–Crippen LogP) is 4.11. The molecule has 0 nitrogen and oxygen atoms in total. The maximum Gasteiger partial charge on any atom is 0.0248 e. The zero-order chi connectivity index (χ0) is 10.7. The summed E-state index contributed by atoms with van der Waals surface area (Å²) in [6.45, 7) is 15.5. The molecule has 0 aromatic carbocycles. The highest BCUT2D eigenvalue weighted by Crippen LogP contribution is 2.28. The van der Waals surface area contributed by atoms with Crippen molar-refractivity contribution in [1.29, 1.82) is 0 Å². The van der Waals surface area contributed by atoms with Gasteiger partial charge < -0.3 is 0 Å². The van der Waals surface area contributed by atoms with Crippen LogP contribution in [0, 0.1) is 28.6 Å². The Hall–Kier alpha value is -0.440. The zero-order valence-corrected chi connectivity index (χ0v) is 10.3. The number of hydrogen-bond donors (Lipinski definition) is 0. The maximum atomic E-state index is 3.40. The second-order valence-electron chi connectivity index (χ2n) is 5.85. The lowest BCUT2D eigenvalue weighted by Gasteiger charge is -2.25. The van der Waals surface area contributed by atoms with Crippen LogP contribution >= 0.6 is 0 Å². The van der Waals surface area contributed by atoms with E-state index < -0.39 is 0 Å². The number of rotatable bonds is 1. The van der Waals surface area contributed by atoms with Gasteiger partial charge in [0.2, 0.25) is 0 Å². The summed E-state index contributed by atoms with van der Waals surface area (Å²) >= 11 is 0. The standard InChI is InChI=1S/C13H24/c1-8-11(13(5,6)7)9-10-12(2,3)4/h11H,8H2,1-7H3/t11-/m1/s1. The Labute approximate surface area is 84.1 Å². The molecular formula is C13H24. The van der Waals surface area contributed by atoms with E-state index in [1.807, 2.05) is 0 Å². The summed E-state index contributed by atoms with van der Waals surface area (Å²) in [6.07, 6.45) is 1.15. The quantitative estimate of drug-likeness (QED) is 0.533. The minimum absolute atomic E-state index is 0.138. The van der Waals surface area contributed by atoms with E-state index in [4.69, 9.17) is 0 Å². The van der Waals surface area contributed by atoms with Gasteiger partial charge in [-0.2, -0.15) is 0 Å². The Morgan fingerprint density at radius 2 is 1.46 bits per heavy atom. The van der Waals surface area contributed by atoms with Crippen LogP contribution in [0.2, 0.25) is 0 Å². The Morgan fingerprint density at radius 3 is 1.69 bits per heavy atom. The SMILES string of the molecule is CC[C@H](C#CC(C)(C)C)C(C)(C)C. The molecule has 13 heavy (non-hydrogen) atoms. The predicted molar refractivity (Wildman–Crippen MR) is 60.5 cm³/mol. The van der Waals surface area contributed by atoms with E-state index in [2.05, 4.69) is 60.3 Å². The van der Waals surface area contributed by atoms with Crippen LogP contribution in [0.25, 0.3) is 0 Å². The summed E-state index contributed by atoms with van der Waals surface area (Å²) in [5, 5.41) is 0. The van der Waals surface area contributed by atoms with Gasteiger partial charge in [0.1, 0.15) is 0 Å². The van der Waals surface area contributed by atoms with Gasteiger partial charge in [-0.05, 0) is 32.6 Å². The molecule has 76 valence electrons. The summed E-state index contributed by atoms with van der Waals surface area (Å²) in [4.78, 5) is 0. The van der Waals surface area contributed by atoms with Gasteiger partial charge in [-0.25, -0.2) is 0 Å². The Kier molecular flexibility index (Phi) is 4.04. The number of hydrogen-bond acceptors (Lipinski definition) is 0. The monoisotopic (exact) mass is 180 g/mol. The Bertz CT molecular complexity index is 199. The van der Waals surface area contributed by atoms with Crippen LogP contribution in [0.4, 0.5) is 0 Å². The topological polar surface area (TPSA) is 0 Å². The van der Waals surface area contributed by atoms with Gasteiger partial charge in [0.15, 0.2) is 0 Å². The first kappa shape index (κ1) is 12.6. The molecule has 0 saturated carbocycles. The van der Waals surface area contributed by atoms with Gasteiger partial charge in [0, 0.05) is 11.3 Å². The van der Waals surface area contributed by atoms with E-state index in [0.717, 1.165) is 6.42 Å². The lowest BCUT2D eigenvalue weighted by molar-refractivity contribution is 0.295. The molecule has 0 amide bonds. The molecule has 0 saturated heterocycles. The van der Waals surface area contributed by atoms with Crippen molar-refractivity contribution in [3.63, 3.8) is 0 Å². The Morgan fingerprint density at radius 1 is 1.00 bits per heavy atom. The minimum Gasteiger partial charge on any atom is -0.0988 e. The first-order valence-corrected chi connectivity index (χ1v) is 5.19. The van der Waals surface area contributed by atoms with Gasteiger partial charge >= 0.3 is 0 Å². The van der Waals surface area contributed by atoms with Crippen molar-refractivity contribution in [2.24, 2.45) is 16.7 Å². The van der Waals surface area contributed by atoms with Crippen molar-refractivity contribution >= 4 is 0 Å². The largest absolute Gasteiger partial charge is 0.0988 e. The van der Waals surface area contributed by atoms with Crippen molar-refractivity contribution in [2.45, 2.75) is 54.9 Å². The molecule has 0 spiro atoms. The zero-order valence-electron chi connectivity index (χ0n) is 10.3. The van der Waals surface area contributed by atoms with Crippen LogP contribution in [0.15, 0.2) is 0 Å². The van der Waals surface area contributed by atoms with Crippen molar-refractivity contribution in [1.82, 2.24) is 0 Å². The van der Waals surface area contributed by atoms with Crippen LogP contribution in [-0.2, 0) is 0 Å². The molecule has 0 aliphatic heterocycles. The Balaban J connectivity index is 4.53. The van der Waals surface area contributed by atoms with E-state index in [0.29, 0.717) is 11.3 Å². The highest BCUT2D eigenvalue weighted by atomic mass is 14.2. The van der Waals surface area contributed by atoms with E-state index in [1.54, 1.807) is 0 Å². The minimum atomic E-state index is 0.138. The summed E-state index contributed by atoms with van der Waals surface area (Å²) in [7, 11) is 0. The maximum absolute atomic E-state index is 3.40. The smallest absolute Gasteiger partial charge is 0.0248 e. The van der Waals surface area contributed by atoms with Gasteiger partial charge in [0.25, 0.3) is 0 Å². The van der Waals surface area contributed by atoms with Crippen LogP contribution in [-0.4, -0.2) is 0 Å². The molecule has 0 aromatic rings. The molecule has 0 radical (unpaired) electrons. The van der Waals surface area contributed by atoms with Crippen LogP contribution in [0.1, 0.15) is 54.9 Å². The third-order valence-electron chi connectivity index (χ3n) is 2.08. The molecular weight excluding hydrogens is 156 g/mol. The molecule has 1 atom stereocenters. The molecule has 0 fully saturated rings. The van der Waals surface area contributed by atoms with Gasteiger partial charge in [-0.3, -0.25) is 0 Å². The highest BCUT2D eigenvalue weighted by molar-refractivity contribution is 5.12. The lowest BCUT2D eigenvalue weighted by atomic mass is 9.79. The second-order valence-corrected chi connectivity index (χ2v) is 5.85. The third-order valence-corrected chi connectivity index (χ3v) is 2.08. The molecule has 0 N–H and O–H groups in total. The van der Waals surface area contributed by atoms with Crippen molar-refractivity contribution in [3.8, 4) is 11.8 Å². The molecule has 0 rings (SSSR count). The van der Waals surface area contributed by atoms with Crippen LogP contribution in [0.3, 0.4) is 0 Å². The summed E-state index contributed by atoms with van der Waals surface area (Å²) in [5.41, 5.74) is 0.450. The molecule has 0 bridgehead atoms. The van der Waals surface area contributed by atoms with Crippen molar-refractivity contribution < 1.29 is 0 Å².